The molecule has 0 aliphatic rings. The highest BCUT2D eigenvalue weighted by molar-refractivity contribution is 5.80. The van der Waals surface area contributed by atoms with E-state index < -0.39 is 6.10 Å². The molecule has 0 aromatic heterocycles. The molecule has 0 fully saturated rings. The number of ether oxygens (including phenoxy) is 2. The highest BCUT2D eigenvalue weighted by atomic mass is 16.5. The summed E-state index contributed by atoms with van der Waals surface area (Å²) < 4.78 is 10.1. The van der Waals surface area contributed by atoms with Crippen molar-refractivity contribution in [2.45, 2.75) is 19.4 Å². The van der Waals surface area contributed by atoms with E-state index in [0.717, 1.165) is 12.0 Å². The van der Waals surface area contributed by atoms with Crippen LogP contribution in [0.15, 0.2) is 12.2 Å². The summed E-state index contributed by atoms with van der Waals surface area (Å²) in [5, 5.41) is 0. The van der Waals surface area contributed by atoms with Gasteiger partial charge in [0.2, 0.25) is 0 Å². The van der Waals surface area contributed by atoms with Gasteiger partial charge >= 0.3 is 0 Å². The van der Waals surface area contributed by atoms with Gasteiger partial charge in [0.25, 0.3) is 5.91 Å². The predicted octanol–water partition coefficient (Wildman–Crippen LogP) is -0.0259. The molecule has 0 aromatic rings. The van der Waals surface area contributed by atoms with Crippen molar-refractivity contribution in [1.82, 2.24) is 5.43 Å². The van der Waals surface area contributed by atoms with Gasteiger partial charge in [-0.15, -0.1) is 6.58 Å². The Balaban J connectivity index is 3.84. The minimum Gasteiger partial charge on any atom is -0.381 e. The number of hydrogen-bond donors (Lipinski definition) is 2. The molecular formula is C9H18N2O3. The van der Waals surface area contributed by atoms with Crippen LogP contribution >= 0.6 is 0 Å². The maximum absolute atomic E-state index is 11.1. The second-order valence-electron chi connectivity index (χ2n) is 3.03. The van der Waals surface area contributed by atoms with Crippen LogP contribution in [0.5, 0.6) is 0 Å². The Morgan fingerprint density at radius 3 is 2.71 bits per heavy atom. The second-order valence-corrected chi connectivity index (χ2v) is 3.03. The maximum atomic E-state index is 11.1. The van der Waals surface area contributed by atoms with Crippen molar-refractivity contribution < 1.29 is 14.3 Å². The summed E-state index contributed by atoms with van der Waals surface area (Å²) in [7, 11) is 1.50. The predicted molar refractivity (Wildman–Crippen MR) is 53.4 cm³/mol. The molecule has 0 heterocycles. The quantitative estimate of drug-likeness (QED) is 0.263. The summed E-state index contributed by atoms with van der Waals surface area (Å²) in [6, 6.07) is 0. The molecule has 3 N–H and O–H groups in total. The third-order valence-corrected chi connectivity index (χ3v) is 1.60. The van der Waals surface area contributed by atoms with Crippen molar-refractivity contribution in [3.8, 4) is 0 Å². The van der Waals surface area contributed by atoms with Crippen molar-refractivity contribution in [3.63, 3.8) is 0 Å². The number of rotatable bonds is 7. The average Bonchev–Trinajstić information content (AvgIpc) is 2.15. The van der Waals surface area contributed by atoms with Gasteiger partial charge in [0.05, 0.1) is 13.2 Å². The highest BCUT2D eigenvalue weighted by Crippen LogP contribution is 1.99. The van der Waals surface area contributed by atoms with Gasteiger partial charge in [0, 0.05) is 7.11 Å². The molecule has 0 aliphatic heterocycles. The van der Waals surface area contributed by atoms with Gasteiger partial charge in [-0.2, -0.15) is 0 Å². The summed E-state index contributed by atoms with van der Waals surface area (Å²) in [5.41, 5.74) is 3.03. The molecule has 0 rings (SSSR count). The van der Waals surface area contributed by atoms with Crippen molar-refractivity contribution >= 4 is 5.91 Å². The SMILES string of the molecule is C=C(C)CCOC(COC)C(=O)NN. The van der Waals surface area contributed by atoms with E-state index in [1.165, 1.54) is 7.11 Å². The molecule has 82 valence electrons. The first-order chi connectivity index (χ1) is 6.61. The van der Waals surface area contributed by atoms with Gasteiger partial charge in [0.15, 0.2) is 6.10 Å². The lowest BCUT2D eigenvalue weighted by Crippen LogP contribution is -2.42. The number of methoxy groups -OCH3 is 1. The Morgan fingerprint density at radius 1 is 1.64 bits per heavy atom. The van der Waals surface area contributed by atoms with Crippen molar-refractivity contribution in [3.05, 3.63) is 12.2 Å². The molecule has 14 heavy (non-hydrogen) atoms. The first-order valence-electron chi connectivity index (χ1n) is 4.37. The zero-order valence-electron chi connectivity index (χ0n) is 8.71. The number of nitrogens with two attached hydrogens (primary N) is 1. The molecular weight excluding hydrogens is 184 g/mol. The largest absolute Gasteiger partial charge is 0.381 e. The lowest BCUT2D eigenvalue weighted by Gasteiger charge is -2.15. The van der Waals surface area contributed by atoms with Crippen LogP contribution in [0.4, 0.5) is 0 Å². The van der Waals surface area contributed by atoms with E-state index in [-0.39, 0.29) is 12.5 Å². The minimum atomic E-state index is -0.649. The van der Waals surface area contributed by atoms with Crippen molar-refractivity contribution in [2.24, 2.45) is 5.84 Å². The van der Waals surface area contributed by atoms with Gasteiger partial charge in [-0.25, -0.2) is 5.84 Å². The van der Waals surface area contributed by atoms with Crippen LogP contribution in [-0.2, 0) is 14.3 Å². The van der Waals surface area contributed by atoms with E-state index in [2.05, 4.69) is 6.58 Å². The van der Waals surface area contributed by atoms with Crippen LogP contribution < -0.4 is 11.3 Å². The molecule has 0 saturated heterocycles. The first kappa shape index (κ1) is 13.1. The Bertz CT molecular complexity index is 194. The van der Waals surface area contributed by atoms with Crippen LogP contribution in [0, 0.1) is 0 Å². The zero-order chi connectivity index (χ0) is 11.0. The van der Waals surface area contributed by atoms with Gasteiger partial charge in [-0.05, 0) is 13.3 Å². The number of carbonyl (C=O) groups is 1. The standard InChI is InChI=1S/C9H18N2O3/c1-7(2)4-5-14-8(6-13-3)9(12)11-10/h8H,1,4-6,10H2,2-3H3,(H,11,12). The topological polar surface area (TPSA) is 73.6 Å². The number of hydrogen-bond acceptors (Lipinski definition) is 4. The van der Waals surface area contributed by atoms with Crippen LogP contribution in [-0.4, -0.2) is 32.3 Å². The third kappa shape index (κ3) is 5.69. The fraction of sp³-hybridized carbons (Fsp3) is 0.667. The molecule has 0 radical (unpaired) electrons. The van der Waals surface area contributed by atoms with Crippen LogP contribution in [0.3, 0.4) is 0 Å². The van der Waals surface area contributed by atoms with E-state index >= 15 is 0 Å². The fourth-order valence-electron chi connectivity index (χ4n) is 0.819. The molecule has 0 bridgehead atoms. The third-order valence-electron chi connectivity index (χ3n) is 1.60. The fourth-order valence-corrected chi connectivity index (χ4v) is 0.819. The summed E-state index contributed by atoms with van der Waals surface area (Å²) in [6.07, 6.45) is 0.0716. The summed E-state index contributed by atoms with van der Waals surface area (Å²) in [6.45, 7) is 6.26. The number of nitrogens with one attached hydrogen (secondary N) is 1. The number of amides is 1. The Hall–Kier alpha value is -0.910. The van der Waals surface area contributed by atoms with Gasteiger partial charge in [0.1, 0.15) is 0 Å². The number of hydrazine groups is 1. The Morgan fingerprint density at radius 2 is 2.29 bits per heavy atom. The molecule has 1 amide bonds. The van der Waals surface area contributed by atoms with Gasteiger partial charge < -0.3 is 9.47 Å². The molecule has 0 aliphatic carbocycles. The van der Waals surface area contributed by atoms with Crippen LogP contribution in [0.2, 0.25) is 0 Å². The minimum absolute atomic E-state index is 0.194. The first-order valence-corrected chi connectivity index (χ1v) is 4.37. The van der Waals surface area contributed by atoms with E-state index in [0.29, 0.717) is 6.61 Å². The van der Waals surface area contributed by atoms with E-state index in [4.69, 9.17) is 15.3 Å². The molecule has 0 saturated carbocycles. The lowest BCUT2D eigenvalue weighted by atomic mass is 10.2. The molecule has 0 spiro atoms. The molecule has 5 heteroatoms. The molecule has 1 unspecified atom stereocenters. The van der Waals surface area contributed by atoms with E-state index in [1.807, 2.05) is 12.3 Å². The number of carbonyl (C=O) groups excluding carboxylic acids is 1. The van der Waals surface area contributed by atoms with Gasteiger partial charge in [-0.3, -0.25) is 10.2 Å². The summed E-state index contributed by atoms with van der Waals surface area (Å²) >= 11 is 0. The van der Waals surface area contributed by atoms with E-state index in [9.17, 15) is 4.79 Å². The Labute approximate surface area is 84.2 Å². The molecule has 1 atom stereocenters. The second kappa shape index (κ2) is 7.49. The van der Waals surface area contributed by atoms with Crippen LogP contribution in [0.25, 0.3) is 0 Å². The molecule has 0 aromatic carbocycles. The normalized spacial score (nSPS) is 12.2. The smallest absolute Gasteiger partial charge is 0.265 e. The highest BCUT2D eigenvalue weighted by Gasteiger charge is 2.17. The summed E-state index contributed by atoms with van der Waals surface area (Å²) in [5.74, 6) is 4.60. The zero-order valence-corrected chi connectivity index (χ0v) is 8.71. The average molecular weight is 202 g/mol. The monoisotopic (exact) mass is 202 g/mol. The summed E-state index contributed by atoms with van der Waals surface area (Å²) in [4.78, 5) is 11.1. The lowest BCUT2D eigenvalue weighted by molar-refractivity contribution is -0.136. The molecule has 5 nitrogen and oxygen atoms in total. The van der Waals surface area contributed by atoms with Crippen molar-refractivity contribution in [1.29, 1.82) is 0 Å². The Kier molecular flexibility index (Phi) is 7.00. The van der Waals surface area contributed by atoms with Crippen LogP contribution in [0.1, 0.15) is 13.3 Å². The van der Waals surface area contributed by atoms with Gasteiger partial charge in [-0.1, -0.05) is 5.57 Å². The van der Waals surface area contributed by atoms with E-state index in [1.54, 1.807) is 0 Å². The maximum Gasteiger partial charge on any atom is 0.265 e. The van der Waals surface area contributed by atoms with Crippen molar-refractivity contribution in [2.75, 3.05) is 20.3 Å².